The third-order valence-corrected chi connectivity index (χ3v) is 6.62. The minimum atomic E-state index is 0.609. The number of halogens is 2. The SMILES string of the molecule is COc1cc(Br)c(Cl)cc1-c1ncnc2cc(SCc3ccccc3)ccc12. The molecule has 1 heterocycles. The van der Waals surface area contributed by atoms with Gasteiger partial charge in [0, 0.05) is 26.1 Å². The Hall–Kier alpha value is -2.08. The van der Waals surface area contributed by atoms with Crippen molar-refractivity contribution < 1.29 is 4.74 Å². The van der Waals surface area contributed by atoms with E-state index < -0.39 is 0 Å². The van der Waals surface area contributed by atoms with E-state index in [0.717, 1.165) is 32.4 Å². The van der Waals surface area contributed by atoms with Crippen molar-refractivity contribution in [1.82, 2.24) is 9.97 Å². The highest BCUT2D eigenvalue weighted by atomic mass is 79.9. The van der Waals surface area contributed by atoms with Crippen molar-refractivity contribution in [3.8, 4) is 17.0 Å². The summed E-state index contributed by atoms with van der Waals surface area (Å²) in [5, 5.41) is 1.57. The second kappa shape index (κ2) is 8.52. The summed E-state index contributed by atoms with van der Waals surface area (Å²) in [4.78, 5) is 10.1. The maximum Gasteiger partial charge on any atom is 0.129 e. The number of thioether (sulfide) groups is 1. The van der Waals surface area contributed by atoms with Crippen molar-refractivity contribution >= 4 is 50.2 Å². The van der Waals surface area contributed by atoms with Gasteiger partial charge in [-0.2, -0.15) is 0 Å². The zero-order valence-corrected chi connectivity index (χ0v) is 18.2. The molecule has 1 aromatic heterocycles. The van der Waals surface area contributed by atoms with Crippen molar-refractivity contribution in [2.24, 2.45) is 0 Å². The molecular formula is C22H16BrClN2OS. The molecule has 0 bridgehead atoms. The topological polar surface area (TPSA) is 35.0 Å². The zero-order valence-electron chi connectivity index (χ0n) is 15.0. The van der Waals surface area contributed by atoms with Gasteiger partial charge in [0.2, 0.25) is 0 Å². The van der Waals surface area contributed by atoms with Crippen LogP contribution in [-0.4, -0.2) is 17.1 Å². The van der Waals surface area contributed by atoms with Crippen LogP contribution < -0.4 is 4.74 Å². The maximum absolute atomic E-state index is 6.32. The smallest absolute Gasteiger partial charge is 0.129 e. The van der Waals surface area contributed by atoms with E-state index in [4.69, 9.17) is 16.3 Å². The molecule has 4 aromatic rings. The molecule has 6 heteroatoms. The highest BCUT2D eigenvalue weighted by molar-refractivity contribution is 9.10. The zero-order chi connectivity index (χ0) is 19.5. The van der Waals surface area contributed by atoms with Crippen molar-refractivity contribution in [1.29, 1.82) is 0 Å². The molecule has 0 unspecified atom stereocenters. The monoisotopic (exact) mass is 470 g/mol. The number of hydrogen-bond donors (Lipinski definition) is 0. The van der Waals surface area contributed by atoms with Crippen LogP contribution >= 0.6 is 39.3 Å². The van der Waals surface area contributed by atoms with Gasteiger partial charge in [-0.3, -0.25) is 0 Å². The Morgan fingerprint density at radius 1 is 1.04 bits per heavy atom. The molecular weight excluding hydrogens is 456 g/mol. The van der Waals surface area contributed by atoms with Crippen LogP contribution in [0.1, 0.15) is 5.56 Å². The van der Waals surface area contributed by atoms with Crippen molar-refractivity contribution in [3.63, 3.8) is 0 Å². The van der Waals surface area contributed by atoms with Gasteiger partial charge in [0.25, 0.3) is 0 Å². The first kappa shape index (κ1) is 19.2. The average Bonchev–Trinajstić information content (AvgIpc) is 2.74. The van der Waals surface area contributed by atoms with Gasteiger partial charge in [-0.25, -0.2) is 9.97 Å². The van der Waals surface area contributed by atoms with E-state index >= 15 is 0 Å². The van der Waals surface area contributed by atoms with Gasteiger partial charge >= 0.3 is 0 Å². The van der Waals surface area contributed by atoms with Crippen molar-refractivity contribution in [2.75, 3.05) is 7.11 Å². The molecule has 0 saturated carbocycles. The summed E-state index contributed by atoms with van der Waals surface area (Å²) in [7, 11) is 1.64. The van der Waals surface area contributed by atoms with E-state index in [-0.39, 0.29) is 0 Å². The Balaban J connectivity index is 1.71. The lowest BCUT2D eigenvalue weighted by Crippen LogP contribution is -1.94. The fourth-order valence-corrected chi connectivity index (χ4v) is 4.34. The van der Waals surface area contributed by atoms with Crippen LogP contribution in [0, 0.1) is 0 Å². The van der Waals surface area contributed by atoms with Crippen LogP contribution in [-0.2, 0) is 5.75 Å². The molecule has 0 fully saturated rings. The molecule has 3 nitrogen and oxygen atoms in total. The van der Waals surface area contributed by atoms with Crippen LogP contribution in [0.25, 0.3) is 22.2 Å². The van der Waals surface area contributed by atoms with Crippen LogP contribution in [0.4, 0.5) is 0 Å². The van der Waals surface area contributed by atoms with E-state index in [1.54, 1.807) is 25.2 Å². The average molecular weight is 472 g/mol. The van der Waals surface area contributed by atoms with Crippen LogP contribution in [0.2, 0.25) is 5.02 Å². The number of rotatable bonds is 5. The molecule has 0 radical (unpaired) electrons. The molecule has 0 N–H and O–H groups in total. The molecule has 0 saturated heterocycles. The number of aromatic nitrogens is 2. The van der Waals surface area contributed by atoms with E-state index in [2.05, 4.69) is 68.4 Å². The van der Waals surface area contributed by atoms with Crippen LogP contribution in [0.3, 0.4) is 0 Å². The van der Waals surface area contributed by atoms with Gasteiger partial charge in [-0.15, -0.1) is 11.8 Å². The molecule has 140 valence electrons. The lowest BCUT2D eigenvalue weighted by molar-refractivity contribution is 0.416. The third-order valence-electron chi connectivity index (χ3n) is 4.35. The summed E-state index contributed by atoms with van der Waals surface area (Å²) < 4.78 is 6.33. The van der Waals surface area contributed by atoms with Gasteiger partial charge in [0.15, 0.2) is 0 Å². The number of ether oxygens (including phenoxy) is 1. The van der Waals surface area contributed by atoms with Gasteiger partial charge in [0.05, 0.1) is 23.3 Å². The largest absolute Gasteiger partial charge is 0.496 e. The van der Waals surface area contributed by atoms with E-state index in [0.29, 0.717) is 10.8 Å². The Kier molecular flexibility index (Phi) is 5.85. The molecule has 0 aliphatic carbocycles. The summed E-state index contributed by atoms with van der Waals surface area (Å²) in [6.07, 6.45) is 1.58. The number of methoxy groups -OCH3 is 1. The fraction of sp³-hybridized carbons (Fsp3) is 0.0909. The lowest BCUT2D eigenvalue weighted by atomic mass is 10.1. The normalized spacial score (nSPS) is 11.0. The van der Waals surface area contributed by atoms with Crippen LogP contribution in [0.5, 0.6) is 5.75 Å². The van der Waals surface area contributed by atoms with Gasteiger partial charge < -0.3 is 4.74 Å². The number of nitrogens with zero attached hydrogens (tertiary/aromatic N) is 2. The highest BCUT2D eigenvalue weighted by Gasteiger charge is 2.14. The van der Waals surface area contributed by atoms with Crippen molar-refractivity contribution in [3.05, 3.63) is 82.0 Å². The minimum absolute atomic E-state index is 0.609. The lowest BCUT2D eigenvalue weighted by Gasteiger charge is -2.12. The predicted octanol–water partition coefficient (Wildman–Crippen LogP) is 7.01. The number of benzene rings is 3. The molecule has 4 rings (SSSR count). The quantitative estimate of drug-likeness (QED) is 0.293. The fourth-order valence-electron chi connectivity index (χ4n) is 2.96. The maximum atomic E-state index is 6.32. The van der Waals surface area contributed by atoms with E-state index in [1.165, 1.54) is 10.5 Å². The number of hydrogen-bond acceptors (Lipinski definition) is 4. The first-order chi connectivity index (χ1) is 13.7. The predicted molar refractivity (Wildman–Crippen MR) is 120 cm³/mol. The molecule has 0 amide bonds. The standard InChI is InChI=1S/C22H16BrClN2OS/c1-27-21-11-18(23)19(24)10-17(21)22-16-8-7-15(9-20(16)25-13-26-22)28-12-14-5-3-2-4-6-14/h2-11,13H,12H2,1H3. The Morgan fingerprint density at radius 2 is 1.86 bits per heavy atom. The summed E-state index contributed by atoms with van der Waals surface area (Å²) in [5.41, 5.74) is 3.83. The third kappa shape index (κ3) is 4.02. The Morgan fingerprint density at radius 3 is 2.64 bits per heavy atom. The molecule has 0 aliphatic rings. The Labute approximate surface area is 181 Å². The molecule has 0 aliphatic heterocycles. The molecule has 0 spiro atoms. The molecule has 3 aromatic carbocycles. The first-order valence-corrected chi connectivity index (χ1v) is 10.8. The van der Waals surface area contributed by atoms with E-state index in [1.807, 2.05) is 18.2 Å². The van der Waals surface area contributed by atoms with E-state index in [9.17, 15) is 0 Å². The molecule has 28 heavy (non-hydrogen) atoms. The van der Waals surface area contributed by atoms with Crippen molar-refractivity contribution in [2.45, 2.75) is 10.6 Å². The minimum Gasteiger partial charge on any atom is -0.496 e. The summed E-state index contributed by atoms with van der Waals surface area (Å²) >= 11 is 11.6. The Bertz CT molecular complexity index is 1140. The summed E-state index contributed by atoms with van der Waals surface area (Å²) in [6, 6.07) is 20.4. The van der Waals surface area contributed by atoms with Gasteiger partial charge in [-0.05, 0) is 51.8 Å². The highest BCUT2D eigenvalue weighted by Crippen LogP contribution is 2.39. The van der Waals surface area contributed by atoms with Gasteiger partial charge in [-0.1, -0.05) is 41.9 Å². The summed E-state index contributed by atoms with van der Waals surface area (Å²) in [5.74, 6) is 1.62. The summed E-state index contributed by atoms with van der Waals surface area (Å²) in [6.45, 7) is 0. The van der Waals surface area contributed by atoms with Crippen LogP contribution in [0.15, 0.2) is 76.4 Å². The van der Waals surface area contributed by atoms with Gasteiger partial charge in [0.1, 0.15) is 12.1 Å². The first-order valence-electron chi connectivity index (χ1n) is 8.60. The second-order valence-electron chi connectivity index (χ2n) is 6.14. The second-order valence-corrected chi connectivity index (χ2v) is 8.45. The molecule has 0 atom stereocenters. The number of fused-ring (bicyclic) bond motifs is 1.